The quantitative estimate of drug-likeness (QED) is 0.0332. The molecule has 19 unspecified atom stereocenters. The molecule has 11 aliphatic carbocycles. The minimum Gasteiger partial charge on any atom is -0.396 e. The minimum absolute atomic E-state index is 0.0774. The molecule has 1 aromatic rings. The number of rotatable bonds is 11. The molecule has 0 amide bonds. The van der Waals surface area contributed by atoms with Crippen LogP contribution < -0.4 is 16.4 Å². The first-order valence-electron chi connectivity index (χ1n) is 34.0. The highest BCUT2D eigenvalue weighted by Crippen LogP contribution is 2.80. The Hall–Kier alpha value is -2.21. The number of aliphatic hydroxyl groups excluding tert-OH is 5. The van der Waals surface area contributed by atoms with Gasteiger partial charge >= 0.3 is 0 Å². The van der Waals surface area contributed by atoms with Gasteiger partial charge in [-0.15, -0.1) is 0 Å². The molecule has 1 aliphatic heterocycles. The van der Waals surface area contributed by atoms with Crippen molar-refractivity contribution in [1.82, 2.24) is 20.2 Å². The second-order valence-electron chi connectivity index (χ2n) is 31.5. The summed E-state index contributed by atoms with van der Waals surface area (Å²) in [5.41, 5.74) is 10.1. The third-order valence-electron chi connectivity index (χ3n) is 26.8. The highest BCUT2D eigenvalue weighted by atomic mass is 33.1. The molecule has 8 saturated carbocycles. The van der Waals surface area contributed by atoms with Crippen molar-refractivity contribution < 1.29 is 35.4 Å². The topological polar surface area (TPSA) is 219 Å². The maximum absolute atomic E-state index is 16.3. The molecule has 1 saturated heterocycles. The molecular formula is C69H106N6O7S2. The molecule has 19 atom stereocenters. The van der Waals surface area contributed by atoms with Crippen LogP contribution >= 0.6 is 21.6 Å². The van der Waals surface area contributed by atoms with Crippen LogP contribution in [0, 0.1) is 92.2 Å². The first-order chi connectivity index (χ1) is 40.3. The van der Waals surface area contributed by atoms with E-state index in [0.29, 0.717) is 37.6 Å². The second-order valence-corrected chi connectivity index (χ2v) is 34.2. The largest absolute Gasteiger partial charge is 0.396 e. The molecule has 3 spiro atoms. The van der Waals surface area contributed by atoms with Crippen LogP contribution in [-0.2, 0) is 4.79 Å². The normalized spacial score (nSPS) is 44.2. The van der Waals surface area contributed by atoms with Crippen molar-refractivity contribution in [3.05, 3.63) is 52.7 Å². The Morgan fingerprint density at radius 2 is 1.65 bits per heavy atom. The number of carbonyl (C=O) groups excluding carboxylic acids is 1. The number of nitrogens with two attached hydrogens (primary N) is 1. The Labute approximate surface area is 510 Å². The van der Waals surface area contributed by atoms with Crippen molar-refractivity contribution in [3.63, 3.8) is 0 Å². The monoisotopic (exact) mass is 1190 g/mol. The first kappa shape index (κ1) is 60.7. The van der Waals surface area contributed by atoms with Crippen LogP contribution in [0.1, 0.15) is 201 Å². The van der Waals surface area contributed by atoms with Gasteiger partial charge in [0.25, 0.3) is 0 Å². The number of hydrogen-bond acceptors (Lipinski definition) is 12. The summed E-state index contributed by atoms with van der Waals surface area (Å²) in [7, 11) is 5.94. The maximum Gasteiger partial charge on any atom is 0.190 e. The number of carbonyl (C=O) groups is 1. The van der Waals surface area contributed by atoms with Gasteiger partial charge in [-0.05, 0) is 198 Å². The van der Waals surface area contributed by atoms with E-state index in [1.807, 2.05) is 36.4 Å². The Balaban J connectivity index is 1.07. The number of fused-ring (bicyclic) bond motifs is 16. The van der Waals surface area contributed by atoms with Gasteiger partial charge in [-0.1, -0.05) is 117 Å². The number of nitrogens with zero attached hydrogens (tertiary/aromatic N) is 3. The van der Waals surface area contributed by atoms with E-state index in [-0.39, 0.29) is 89.1 Å². The number of aliphatic imine (C=N–C) groups is 1. The predicted molar refractivity (Wildman–Crippen MR) is 335 cm³/mol. The highest BCUT2D eigenvalue weighted by Gasteiger charge is 2.80. The summed E-state index contributed by atoms with van der Waals surface area (Å²) < 4.78 is 1.94. The second kappa shape index (κ2) is 22.6. The molecule has 4 bridgehead atoms. The number of aromatic nitrogens is 2. The average molecular weight is 1200 g/mol. The van der Waals surface area contributed by atoms with E-state index in [0.717, 1.165) is 108 Å². The number of aliphatic hydroxyl groups is 6. The fourth-order valence-electron chi connectivity index (χ4n) is 24.4. The van der Waals surface area contributed by atoms with Crippen LogP contribution in [-0.4, -0.2) is 119 Å². The lowest BCUT2D eigenvalue weighted by Crippen LogP contribution is -2.71. The van der Waals surface area contributed by atoms with E-state index in [1.54, 1.807) is 23.6 Å². The van der Waals surface area contributed by atoms with Gasteiger partial charge in [-0.25, -0.2) is 4.98 Å². The smallest absolute Gasteiger partial charge is 0.190 e. The predicted octanol–water partition coefficient (Wildman–Crippen LogP) is 10.6. The summed E-state index contributed by atoms with van der Waals surface area (Å²) in [6.07, 6.45) is 29.0. The average Bonchev–Trinajstić information content (AvgIpc) is 1.41. The van der Waals surface area contributed by atoms with Gasteiger partial charge in [0.15, 0.2) is 11.7 Å². The van der Waals surface area contributed by atoms with Gasteiger partial charge in [-0.3, -0.25) is 9.79 Å². The minimum atomic E-state index is -1.69. The Kier molecular flexibility index (Phi) is 16.3. The van der Waals surface area contributed by atoms with Crippen molar-refractivity contribution in [3.8, 4) is 0 Å². The van der Waals surface area contributed by atoms with Gasteiger partial charge < -0.3 is 51.6 Å². The van der Waals surface area contributed by atoms with E-state index in [1.165, 1.54) is 44.1 Å². The van der Waals surface area contributed by atoms with Crippen molar-refractivity contribution in [2.24, 2.45) is 103 Å². The third-order valence-corrected chi connectivity index (χ3v) is 30.3. The van der Waals surface area contributed by atoms with Gasteiger partial charge in [-0.2, -0.15) is 0 Å². The highest BCUT2D eigenvalue weighted by molar-refractivity contribution is 8.77. The zero-order chi connectivity index (χ0) is 58.9. The summed E-state index contributed by atoms with van der Waals surface area (Å²) in [4.78, 5) is 26.1. The molecule has 15 heteroatoms. The third kappa shape index (κ3) is 9.06. The number of imidazole rings is 1. The molecule has 2 heterocycles. The zero-order valence-electron chi connectivity index (χ0n) is 51.9. The van der Waals surface area contributed by atoms with Crippen LogP contribution in [0.15, 0.2) is 57.7 Å². The molecule has 13 nitrogen and oxygen atoms in total. The molecule has 84 heavy (non-hydrogen) atoms. The molecule has 466 valence electrons. The van der Waals surface area contributed by atoms with Crippen LogP contribution in [0.5, 0.6) is 0 Å². The Morgan fingerprint density at radius 3 is 2.37 bits per heavy atom. The summed E-state index contributed by atoms with van der Waals surface area (Å²) >= 11 is 0. The van der Waals surface area contributed by atoms with Crippen molar-refractivity contribution in [2.45, 2.75) is 236 Å². The lowest BCUT2D eigenvalue weighted by molar-refractivity contribution is -0.203. The summed E-state index contributed by atoms with van der Waals surface area (Å²) in [6, 6.07) is 0.123. The van der Waals surface area contributed by atoms with Gasteiger partial charge in [0, 0.05) is 77.0 Å². The van der Waals surface area contributed by atoms with Crippen molar-refractivity contribution >= 4 is 33.3 Å². The fraction of sp³-hybridized carbons (Fsp3) is 0.841. The number of allylic oxidation sites excluding steroid dienone is 3. The van der Waals surface area contributed by atoms with Crippen molar-refractivity contribution in [2.75, 3.05) is 32.5 Å². The van der Waals surface area contributed by atoms with E-state index < -0.39 is 63.5 Å². The van der Waals surface area contributed by atoms with Crippen LogP contribution in [0.25, 0.3) is 0 Å². The number of ketones is 1. The van der Waals surface area contributed by atoms with Crippen molar-refractivity contribution in [1.29, 1.82) is 0 Å². The number of guanidine groups is 1. The lowest BCUT2D eigenvalue weighted by atomic mass is 9.39. The van der Waals surface area contributed by atoms with Crippen LogP contribution in [0.4, 0.5) is 0 Å². The molecule has 12 aliphatic rings. The van der Waals surface area contributed by atoms with Crippen LogP contribution in [0.2, 0.25) is 0 Å². The van der Waals surface area contributed by atoms with Gasteiger partial charge in [0.1, 0.15) is 6.23 Å². The first-order valence-corrected chi connectivity index (χ1v) is 36.3. The molecule has 1 aromatic heterocycles. The van der Waals surface area contributed by atoms with Crippen LogP contribution in [0.3, 0.4) is 0 Å². The number of nitrogens with one attached hydrogen (secondary N) is 2. The van der Waals surface area contributed by atoms with E-state index in [9.17, 15) is 25.5 Å². The fourth-order valence-corrected chi connectivity index (χ4v) is 28.6. The summed E-state index contributed by atoms with van der Waals surface area (Å²) in [6.45, 7) is 11.4. The zero-order valence-corrected chi connectivity index (χ0v) is 53.5. The Bertz CT molecular complexity index is 2740. The molecule has 13 rings (SSSR count). The SMILES string of the molecule is CNCC1C(O)C(O)CC2(CCCC(C)C)C3C(=CC(=O)C12)C1(O)C2CC(C4CC5CCCC6=C5C(C(=C5CCCC7(CCCC7)C65)C(C)(C)CC(n5ccnc5)CSSC25CCCC52CCCC2)C4O)C1(CO)CC3CN=C(N)NC(C)O. The molecule has 0 radical (unpaired) electrons. The molecular weight excluding hydrogens is 1090 g/mol. The Morgan fingerprint density at radius 1 is 0.917 bits per heavy atom. The van der Waals surface area contributed by atoms with Gasteiger partial charge in [0.05, 0.1) is 36.8 Å². The molecule has 9 fully saturated rings. The lowest BCUT2D eigenvalue weighted by Gasteiger charge is -2.67. The van der Waals surface area contributed by atoms with Gasteiger partial charge in [0.2, 0.25) is 0 Å². The molecule has 10 N–H and O–H groups in total. The number of hydrogen-bond donors (Lipinski definition) is 9. The summed E-state index contributed by atoms with van der Waals surface area (Å²) in [5.74, 6) is -1.11. The van der Waals surface area contributed by atoms with E-state index >= 15 is 9.90 Å². The molecule has 0 aromatic carbocycles. The van der Waals surface area contributed by atoms with E-state index in [2.05, 4.69) is 59.9 Å². The standard InChI is InChI=1S/C69H106N6O7S2/c1-40(2)15-12-25-66-34-52(79)60(80)48(36-71-6)58(66)51(78)30-50-56(66)43(35-73-62(70)74-41(3)77)32-67(38-76)49-31-53(69(50,67)82)68(26-14-24-65(68)22-9-10-23-65)84-83-37-44(75-28-27-72-39-75)33-63(4,5)59-46-18-13-21-64(19-7-8-20-64)57(46)45-17-11-16-42-29-47(49)61(81)55(59)54(42)45/h27-28,30,39-44,47-49,52-53,55-58,60-61,71,76-77,79-82H,7-26,29,31-38H2,1-6H3,(H3,70,73,74). The maximum atomic E-state index is 16.3. The summed E-state index contributed by atoms with van der Waals surface area (Å²) in [5, 5.41) is 85.4. The van der Waals surface area contributed by atoms with E-state index in [4.69, 9.17) is 15.7 Å².